The maximum absolute atomic E-state index is 9.71. The Labute approximate surface area is 118 Å². The highest BCUT2D eigenvalue weighted by Crippen LogP contribution is 2.32. The van der Waals surface area contributed by atoms with Crippen LogP contribution in [-0.4, -0.2) is 31.9 Å². The summed E-state index contributed by atoms with van der Waals surface area (Å²) in [6.07, 6.45) is 1.01. The predicted molar refractivity (Wildman–Crippen MR) is 78.1 cm³/mol. The molecular formula is C14H30O4Si. The molecule has 0 bridgehead atoms. The van der Waals surface area contributed by atoms with E-state index in [1.165, 1.54) is 0 Å². The molecule has 2 atom stereocenters. The highest BCUT2D eigenvalue weighted by Gasteiger charge is 2.37. The Hall–Kier alpha value is 0.0569. The monoisotopic (exact) mass is 290 g/mol. The van der Waals surface area contributed by atoms with Crippen LogP contribution < -0.4 is 0 Å². The maximum Gasteiger partial charge on any atom is 0.238 e. The molecule has 0 aromatic rings. The quantitative estimate of drug-likeness (QED) is 0.422. The van der Waals surface area contributed by atoms with Gasteiger partial charge in [-0.15, -0.1) is 0 Å². The molecule has 0 radical (unpaired) electrons. The first-order valence-electron chi connectivity index (χ1n) is 7.54. The molecule has 114 valence electrons. The summed E-state index contributed by atoms with van der Waals surface area (Å²) in [5, 5.41) is 9.71. The van der Waals surface area contributed by atoms with E-state index in [0.717, 1.165) is 31.0 Å². The van der Waals surface area contributed by atoms with Gasteiger partial charge < -0.3 is 9.84 Å². The van der Waals surface area contributed by atoms with Crippen LogP contribution in [0, 0.1) is 5.92 Å². The minimum Gasteiger partial charge on any atom is -0.368 e. The second-order valence-electron chi connectivity index (χ2n) is 6.18. The molecule has 1 heterocycles. The van der Waals surface area contributed by atoms with Crippen molar-refractivity contribution in [3.8, 4) is 0 Å². The fourth-order valence-electron chi connectivity index (χ4n) is 2.62. The van der Waals surface area contributed by atoms with Crippen LogP contribution in [0.25, 0.3) is 0 Å². The summed E-state index contributed by atoms with van der Waals surface area (Å²) < 4.78 is 11.1. The molecule has 0 amide bonds. The van der Waals surface area contributed by atoms with E-state index in [9.17, 15) is 5.11 Å². The highest BCUT2D eigenvalue weighted by molar-refractivity contribution is 6.73. The number of ether oxygens (including phenoxy) is 1. The van der Waals surface area contributed by atoms with Crippen LogP contribution in [0.5, 0.6) is 0 Å². The van der Waals surface area contributed by atoms with Crippen molar-refractivity contribution in [3.05, 3.63) is 0 Å². The van der Waals surface area contributed by atoms with Gasteiger partial charge in [0.05, 0.1) is 12.2 Å². The Kier molecular flexibility index (Phi) is 6.46. The lowest BCUT2D eigenvalue weighted by atomic mass is 9.92. The van der Waals surface area contributed by atoms with Crippen molar-refractivity contribution in [2.45, 2.75) is 77.5 Å². The number of aliphatic hydroxyl groups is 1. The van der Waals surface area contributed by atoms with Crippen LogP contribution >= 0.6 is 0 Å². The molecule has 1 saturated heterocycles. The zero-order chi connectivity index (χ0) is 14.5. The van der Waals surface area contributed by atoms with Gasteiger partial charge in [0.15, 0.2) is 6.29 Å². The van der Waals surface area contributed by atoms with E-state index in [2.05, 4.69) is 20.8 Å². The minimum absolute atomic E-state index is 0.152. The predicted octanol–water partition coefficient (Wildman–Crippen LogP) is 3.46. The molecule has 0 aromatic heterocycles. The first-order chi connectivity index (χ1) is 8.88. The maximum atomic E-state index is 9.71. The molecule has 0 unspecified atom stereocenters. The Balaban J connectivity index is 2.49. The fourth-order valence-corrected chi connectivity index (χ4v) is 4.87. The Bertz CT molecular complexity index is 258. The molecule has 1 rings (SSSR count). The van der Waals surface area contributed by atoms with Gasteiger partial charge in [0, 0.05) is 5.92 Å². The van der Waals surface area contributed by atoms with Crippen LogP contribution in [0.2, 0.25) is 18.1 Å². The van der Waals surface area contributed by atoms with Crippen LogP contribution in [0.15, 0.2) is 0 Å². The normalized spacial score (nSPS) is 24.9. The lowest BCUT2D eigenvalue weighted by Crippen LogP contribution is -2.41. The molecular weight excluding hydrogens is 260 g/mol. The van der Waals surface area contributed by atoms with E-state index in [1.807, 2.05) is 13.8 Å². The summed E-state index contributed by atoms with van der Waals surface area (Å²) in [5.41, 5.74) is -0.378. The van der Waals surface area contributed by atoms with Gasteiger partial charge in [-0.3, -0.25) is 4.58 Å². The molecule has 0 aromatic carbocycles. The molecule has 4 nitrogen and oxygen atoms in total. The van der Waals surface area contributed by atoms with Crippen molar-refractivity contribution in [3.63, 3.8) is 0 Å². The molecule has 5 heteroatoms. The van der Waals surface area contributed by atoms with Crippen molar-refractivity contribution >= 4 is 8.32 Å². The molecule has 1 aliphatic rings. The average Bonchev–Trinajstić information content (AvgIpc) is 2.77. The molecule has 1 aliphatic heterocycles. The van der Waals surface area contributed by atoms with Crippen molar-refractivity contribution in [2.75, 3.05) is 6.61 Å². The van der Waals surface area contributed by atoms with Gasteiger partial charge in [-0.05, 0) is 44.8 Å². The zero-order valence-corrected chi connectivity index (χ0v) is 14.1. The number of rotatable bonds is 8. The smallest absolute Gasteiger partial charge is 0.238 e. The van der Waals surface area contributed by atoms with Gasteiger partial charge >= 0.3 is 0 Å². The van der Waals surface area contributed by atoms with Crippen molar-refractivity contribution in [2.24, 2.45) is 5.92 Å². The van der Waals surface area contributed by atoms with Gasteiger partial charge in [-0.1, -0.05) is 20.8 Å². The number of hydrogen-bond acceptors (Lipinski definition) is 4. The van der Waals surface area contributed by atoms with E-state index in [1.54, 1.807) is 0 Å². The largest absolute Gasteiger partial charge is 0.368 e. The molecule has 19 heavy (non-hydrogen) atoms. The van der Waals surface area contributed by atoms with Crippen molar-refractivity contribution in [1.82, 2.24) is 0 Å². The van der Waals surface area contributed by atoms with Crippen LogP contribution in [0.4, 0.5) is 0 Å². The summed E-state index contributed by atoms with van der Waals surface area (Å²) in [6, 6.07) is 3.22. The van der Waals surface area contributed by atoms with E-state index < -0.39 is 14.6 Å². The topological polar surface area (TPSA) is 47.9 Å². The van der Waals surface area contributed by atoms with E-state index in [4.69, 9.17) is 14.2 Å². The SMILES string of the molecule is CC[Si](CC)(CC)OOC(C)(C)C[C@@H]1CCO[C@@H]1O. The first-order valence-corrected chi connectivity index (χ1v) is 10.1. The molecule has 1 N–H and O–H groups in total. The van der Waals surface area contributed by atoms with Gasteiger partial charge in [-0.2, -0.15) is 0 Å². The Morgan fingerprint density at radius 1 is 1.21 bits per heavy atom. The Morgan fingerprint density at radius 2 is 1.79 bits per heavy atom. The third-order valence-corrected chi connectivity index (χ3v) is 8.61. The lowest BCUT2D eigenvalue weighted by Gasteiger charge is -2.33. The van der Waals surface area contributed by atoms with Crippen molar-refractivity contribution in [1.29, 1.82) is 0 Å². The Morgan fingerprint density at radius 3 is 2.21 bits per heavy atom. The molecule has 1 fully saturated rings. The molecule has 0 spiro atoms. The highest BCUT2D eigenvalue weighted by atomic mass is 28.4. The zero-order valence-electron chi connectivity index (χ0n) is 13.1. The first kappa shape index (κ1) is 17.1. The summed E-state index contributed by atoms with van der Waals surface area (Å²) in [4.78, 5) is 5.77. The van der Waals surface area contributed by atoms with Crippen LogP contribution in [0.1, 0.15) is 47.5 Å². The van der Waals surface area contributed by atoms with E-state index in [-0.39, 0.29) is 11.5 Å². The number of aliphatic hydroxyl groups excluding tert-OH is 1. The summed E-state index contributed by atoms with van der Waals surface area (Å²) in [5.74, 6) is 0.152. The van der Waals surface area contributed by atoms with E-state index >= 15 is 0 Å². The molecule has 0 aliphatic carbocycles. The lowest BCUT2D eigenvalue weighted by molar-refractivity contribution is -0.298. The fraction of sp³-hybridized carbons (Fsp3) is 1.00. The molecule has 0 saturated carbocycles. The van der Waals surface area contributed by atoms with Crippen LogP contribution in [0.3, 0.4) is 0 Å². The summed E-state index contributed by atoms with van der Waals surface area (Å²) >= 11 is 0. The van der Waals surface area contributed by atoms with Gasteiger partial charge in [-0.25, -0.2) is 4.89 Å². The van der Waals surface area contributed by atoms with Gasteiger partial charge in [0.1, 0.15) is 0 Å². The van der Waals surface area contributed by atoms with Crippen molar-refractivity contribution < 1.29 is 19.3 Å². The van der Waals surface area contributed by atoms with Crippen LogP contribution in [-0.2, 0) is 14.2 Å². The second kappa shape index (κ2) is 7.18. The summed E-state index contributed by atoms with van der Waals surface area (Å²) in [7, 11) is -1.72. The third kappa shape index (κ3) is 4.83. The summed E-state index contributed by atoms with van der Waals surface area (Å²) in [6.45, 7) is 11.2. The number of hydrogen-bond donors (Lipinski definition) is 1. The third-order valence-electron chi connectivity index (χ3n) is 4.31. The average molecular weight is 290 g/mol. The minimum atomic E-state index is -1.72. The standard InChI is InChI=1S/C14H30O4Si/c1-6-19(7-2,8-3)18-17-14(4,5)11-12-9-10-16-13(12)15/h12-13,15H,6-11H2,1-5H3/t12-,13-/m0/s1. The van der Waals surface area contributed by atoms with Gasteiger partial charge in [0.2, 0.25) is 8.32 Å². The van der Waals surface area contributed by atoms with E-state index in [0.29, 0.717) is 6.61 Å². The second-order valence-corrected chi connectivity index (χ2v) is 10.8. The van der Waals surface area contributed by atoms with Gasteiger partial charge in [0.25, 0.3) is 0 Å².